The highest BCUT2D eigenvalue weighted by Gasteiger charge is 2.16. The molecular weight excluding hydrogens is 372 g/mol. The summed E-state index contributed by atoms with van der Waals surface area (Å²) in [5, 5.41) is 5.05. The van der Waals surface area contributed by atoms with E-state index in [1.54, 1.807) is 6.20 Å². The molecule has 0 N–H and O–H groups in total. The van der Waals surface area contributed by atoms with Crippen molar-refractivity contribution in [1.82, 2.24) is 14.5 Å². The van der Waals surface area contributed by atoms with Crippen molar-refractivity contribution in [3.05, 3.63) is 59.9 Å². The minimum atomic E-state index is 0.754. The molecule has 3 heterocycles. The van der Waals surface area contributed by atoms with Gasteiger partial charge in [-0.3, -0.25) is 0 Å². The number of aromatic nitrogens is 2. The van der Waals surface area contributed by atoms with Crippen molar-refractivity contribution < 1.29 is 4.74 Å². The molecule has 5 nitrogen and oxygen atoms in total. The number of ether oxygens (including phenoxy) is 1. The van der Waals surface area contributed by atoms with E-state index < -0.39 is 0 Å². The molecule has 1 fully saturated rings. The van der Waals surface area contributed by atoms with Gasteiger partial charge in [0, 0.05) is 38.1 Å². The maximum atomic E-state index is 6.37. The van der Waals surface area contributed by atoms with Gasteiger partial charge in [-0.05, 0) is 56.6 Å². The molecule has 148 valence electrons. The molecule has 6 heteroatoms. The zero-order valence-electron chi connectivity index (χ0n) is 16.1. The molecule has 1 aromatic carbocycles. The monoisotopic (exact) mass is 398 g/mol. The maximum absolute atomic E-state index is 6.37. The third-order valence-electron chi connectivity index (χ3n) is 5.29. The average Bonchev–Trinajstić information content (AvgIpc) is 3.05. The molecule has 1 aliphatic rings. The summed E-state index contributed by atoms with van der Waals surface area (Å²) in [7, 11) is 0. The van der Waals surface area contributed by atoms with Crippen LogP contribution in [0.25, 0.3) is 5.52 Å². The number of anilines is 1. The van der Waals surface area contributed by atoms with Crippen molar-refractivity contribution in [2.45, 2.75) is 19.3 Å². The summed E-state index contributed by atoms with van der Waals surface area (Å²) in [5.74, 6) is 0.915. The predicted molar refractivity (Wildman–Crippen MR) is 115 cm³/mol. The molecule has 3 aromatic rings. The number of pyridine rings is 1. The molecule has 0 amide bonds. The molecule has 0 unspecified atom stereocenters. The topological polar surface area (TPSA) is 33.0 Å². The molecule has 0 spiro atoms. The Morgan fingerprint density at radius 1 is 1.00 bits per heavy atom. The molecule has 0 bridgehead atoms. The van der Waals surface area contributed by atoms with Crippen LogP contribution in [-0.4, -0.2) is 53.8 Å². The van der Waals surface area contributed by atoms with Gasteiger partial charge in [-0.1, -0.05) is 23.7 Å². The smallest absolute Gasteiger partial charge is 0.122 e. The first-order chi connectivity index (χ1) is 13.8. The summed E-state index contributed by atoms with van der Waals surface area (Å²) in [6, 6.07) is 14.1. The second-order valence-corrected chi connectivity index (χ2v) is 7.66. The zero-order chi connectivity index (χ0) is 19.2. The molecule has 0 saturated carbocycles. The van der Waals surface area contributed by atoms with E-state index in [-0.39, 0.29) is 0 Å². The number of para-hydroxylation sites is 1. The van der Waals surface area contributed by atoms with Crippen molar-refractivity contribution in [2.24, 2.45) is 0 Å². The SMILES string of the molecule is Clc1ccccc1N1CCCN(CCCCOc2ccn3nccc3c2)CC1. The number of benzene rings is 1. The summed E-state index contributed by atoms with van der Waals surface area (Å²) in [6.07, 6.45) is 7.13. The van der Waals surface area contributed by atoms with Crippen LogP contribution in [0.4, 0.5) is 5.69 Å². The summed E-state index contributed by atoms with van der Waals surface area (Å²) < 4.78 is 7.75. The van der Waals surface area contributed by atoms with Gasteiger partial charge in [0.25, 0.3) is 0 Å². The summed E-state index contributed by atoms with van der Waals surface area (Å²) >= 11 is 6.37. The maximum Gasteiger partial charge on any atom is 0.122 e. The average molecular weight is 399 g/mol. The Bertz CT molecular complexity index is 897. The van der Waals surface area contributed by atoms with E-state index >= 15 is 0 Å². The van der Waals surface area contributed by atoms with Crippen molar-refractivity contribution in [3.63, 3.8) is 0 Å². The van der Waals surface area contributed by atoms with Crippen LogP contribution in [0.15, 0.2) is 54.9 Å². The van der Waals surface area contributed by atoms with Crippen molar-refractivity contribution >= 4 is 22.8 Å². The highest BCUT2D eigenvalue weighted by molar-refractivity contribution is 6.33. The fourth-order valence-corrected chi connectivity index (χ4v) is 4.02. The molecule has 1 aliphatic heterocycles. The lowest BCUT2D eigenvalue weighted by molar-refractivity contribution is 0.261. The van der Waals surface area contributed by atoms with Gasteiger partial charge in [0.1, 0.15) is 5.75 Å². The number of unbranched alkanes of at least 4 members (excludes halogenated alkanes) is 1. The molecule has 0 aliphatic carbocycles. The van der Waals surface area contributed by atoms with Crippen LogP contribution < -0.4 is 9.64 Å². The summed E-state index contributed by atoms with van der Waals surface area (Å²) in [5.41, 5.74) is 2.22. The number of fused-ring (bicyclic) bond motifs is 1. The van der Waals surface area contributed by atoms with E-state index in [4.69, 9.17) is 16.3 Å². The van der Waals surface area contributed by atoms with Gasteiger partial charge in [-0.2, -0.15) is 5.10 Å². The number of nitrogens with zero attached hydrogens (tertiary/aromatic N) is 4. The Labute approximate surface area is 171 Å². The molecule has 1 saturated heterocycles. The molecular formula is C22H27ClN4O. The van der Waals surface area contributed by atoms with E-state index in [2.05, 4.69) is 27.0 Å². The largest absolute Gasteiger partial charge is 0.493 e. The summed E-state index contributed by atoms with van der Waals surface area (Å²) in [6.45, 7) is 6.22. The van der Waals surface area contributed by atoms with Gasteiger partial charge in [0.05, 0.1) is 22.8 Å². The Morgan fingerprint density at radius 2 is 1.93 bits per heavy atom. The lowest BCUT2D eigenvalue weighted by Crippen LogP contribution is -2.31. The van der Waals surface area contributed by atoms with Crippen molar-refractivity contribution in [3.8, 4) is 5.75 Å². The molecule has 2 aromatic heterocycles. The number of hydrogen-bond acceptors (Lipinski definition) is 4. The first-order valence-corrected chi connectivity index (χ1v) is 10.5. The predicted octanol–water partition coefficient (Wildman–Crippen LogP) is 4.36. The van der Waals surface area contributed by atoms with Gasteiger partial charge in [0.15, 0.2) is 0 Å². The Balaban J connectivity index is 1.18. The minimum absolute atomic E-state index is 0.754. The van der Waals surface area contributed by atoms with E-state index in [1.807, 2.05) is 41.0 Å². The van der Waals surface area contributed by atoms with Gasteiger partial charge in [-0.25, -0.2) is 4.52 Å². The summed E-state index contributed by atoms with van der Waals surface area (Å²) in [4.78, 5) is 4.98. The lowest BCUT2D eigenvalue weighted by Gasteiger charge is -2.24. The fourth-order valence-electron chi connectivity index (χ4n) is 3.76. The van der Waals surface area contributed by atoms with Crippen LogP contribution in [0.2, 0.25) is 5.02 Å². The second kappa shape index (κ2) is 9.30. The van der Waals surface area contributed by atoms with Gasteiger partial charge >= 0.3 is 0 Å². The van der Waals surface area contributed by atoms with Gasteiger partial charge in [0.2, 0.25) is 0 Å². The first-order valence-electron chi connectivity index (χ1n) is 10.1. The number of hydrogen-bond donors (Lipinski definition) is 0. The van der Waals surface area contributed by atoms with E-state index in [9.17, 15) is 0 Å². The third-order valence-corrected chi connectivity index (χ3v) is 5.61. The Kier molecular flexibility index (Phi) is 6.34. The van der Waals surface area contributed by atoms with Crippen LogP contribution in [0.1, 0.15) is 19.3 Å². The van der Waals surface area contributed by atoms with Crippen molar-refractivity contribution in [2.75, 3.05) is 44.2 Å². The zero-order valence-corrected chi connectivity index (χ0v) is 16.9. The van der Waals surface area contributed by atoms with E-state index in [1.165, 1.54) is 6.42 Å². The normalized spacial score (nSPS) is 15.7. The Hall–Kier alpha value is -2.24. The van der Waals surface area contributed by atoms with Gasteiger partial charge < -0.3 is 14.5 Å². The first kappa shape index (κ1) is 19.1. The van der Waals surface area contributed by atoms with Crippen LogP contribution in [0.5, 0.6) is 5.75 Å². The van der Waals surface area contributed by atoms with E-state index in [0.29, 0.717) is 0 Å². The molecule has 28 heavy (non-hydrogen) atoms. The third kappa shape index (κ3) is 4.78. The molecule has 0 atom stereocenters. The molecule has 0 radical (unpaired) electrons. The van der Waals surface area contributed by atoms with E-state index in [0.717, 1.165) is 74.1 Å². The highest BCUT2D eigenvalue weighted by atomic mass is 35.5. The molecule has 4 rings (SSSR count). The standard InChI is InChI=1S/C22H27ClN4O/c23-21-6-1-2-7-22(21)26-13-5-12-25(15-16-26)11-3-4-17-28-20-9-14-27-19(18-20)8-10-24-27/h1-2,6-10,14,18H,3-5,11-13,15-17H2. The fraction of sp³-hybridized carbons (Fsp3) is 0.409. The van der Waals surface area contributed by atoms with Crippen LogP contribution >= 0.6 is 11.6 Å². The van der Waals surface area contributed by atoms with Gasteiger partial charge in [-0.15, -0.1) is 0 Å². The number of rotatable bonds is 7. The minimum Gasteiger partial charge on any atom is -0.493 e. The quantitative estimate of drug-likeness (QED) is 0.553. The lowest BCUT2D eigenvalue weighted by atomic mass is 10.2. The second-order valence-electron chi connectivity index (χ2n) is 7.25. The highest BCUT2D eigenvalue weighted by Crippen LogP contribution is 2.26. The van der Waals surface area contributed by atoms with Crippen molar-refractivity contribution in [1.29, 1.82) is 0 Å². The Morgan fingerprint density at radius 3 is 2.86 bits per heavy atom. The number of halogens is 1. The van der Waals surface area contributed by atoms with Crippen LogP contribution in [-0.2, 0) is 0 Å². The van der Waals surface area contributed by atoms with Crippen LogP contribution in [0.3, 0.4) is 0 Å². The van der Waals surface area contributed by atoms with Crippen LogP contribution in [0, 0.1) is 0 Å².